The van der Waals surface area contributed by atoms with E-state index in [1.807, 2.05) is 0 Å². The maximum absolute atomic E-state index is 13.3. The molecular weight excluding hydrogens is 569 g/mol. The summed E-state index contributed by atoms with van der Waals surface area (Å²) in [6, 6.07) is 15.7. The number of aromatic nitrogens is 1. The van der Waals surface area contributed by atoms with Crippen LogP contribution in [-0.4, -0.2) is 59.0 Å². The van der Waals surface area contributed by atoms with Crippen LogP contribution in [0.3, 0.4) is 0 Å². The number of alkyl halides is 3. The first-order valence-electron chi connectivity index (χ1n) is 11.7. The molecule has 3 aromatic rings. The summed E-state index contributed by atoms with van der Waals surface area (Å²) in [6.07, 6.45) is -4.00. The van der Waals surface area contributed by atoms with Crippen LogP contribution in [0.2, 0.25) is 0 Å². The summed E-state index contributed by atoms with van der Waals surface area (Å²) in [5.74, 6) is -3.71. The molecule has 1 amide bonds. The Balaban J connectivity index is 1.79. The number of ether oxygens (including phenoxy) is 2. The number of hydrogen-bond acceptors (Lipinski definition) is 6. The lowest BCUT2D eigenvalue weighted by atomic mass is 9.70. The largest absolute Gasteiger partial charge is 0.495 e. The van der Waals surface area contributed by atoms with Crippen molar-refractivity contribution in [2.75, 3.05) is 20.7 Å². The Morgan fingerprint density at radius 1 is 1.16 bits per heavy atom. The number of nitrogens with zero attached hydrogens (tertiary/aromatic N) is 2. The van der Waals surface area contributed by atoms with E-state index in [2.05, 4.69) is 20.9 Å². The lowest BCUT2D eigenvalue weighted by Crippen LogP contribution is -2.52. The number of methoxy groups -OCH3 is 1. The highest BCUT2D eigenvalue weighted by atomic mass is 79.9. The molecule has 2 aliphatic rings. The van der Waals surface area contributed by atoms with Crippen LogP contribution in [0.25, 0.3) is 0 Å². The van der Waals surface area contributed by atoms with E-state index >= 15 is 0 Å². The summed E-state index contributed by atoms with van der Waals surface area (Å²) in [5, 5.41) is 24.5. The van der Waals surface area contributed by atoms with Crippen LogP contribution in [0.15, 0.2) is 71.5 Å². The monoisotopic (exact) mass is 592 g/mol. The lowest BCUT2D eigenvalue weighted by molar-refractivity contribution is -0.185. The summed E-state index contributed by atoms with van der Waals surface area (Å²) in [6.45, 7) is -0.508. The molecule has 1 fully saturated rings. The molecule has 0 radical (unpaired) electrons. The highest BCUT2D eigenvalue weighted by molar-refractivity contribution is 9.10. The number of carbonyl (C=O) groups is 1. The molecule has 2 aromatic carbocycles. The molecule has 7 nitrogen and oxygen atoms in total. The molecule has 1 aliphatic heterocycles. The molecule has 200 valence electrons. The van der Waals surface area contributed by atoms with E-state index in [-0.39, 0.29) is 17.1 Å². The molecule has 1 aliphatic carbocycles. The Morgan fingerprint density at radius 3 is 2.42 bits per heavy atom. The minimum atomic E-state index is -5.10. The Morgan fingerprint density at radius 2 is 1.82 bits per heavy atom. The average Bonchev–Trinajstić information content (AvgIpc) is 3.27. The Bertz CT molecular complexity index is 1360. The van der Waals surface area contributed by atoms with Crippen molar-refractivity contribution in [3.8, 4) is 11.5 Å². The number of amides is 1. The van der Waals surface area contributed by atoms with Crippen molar-refractivity contribution < 1.29 is 37.7 Å². The predicted octanol–water partition coefficient (Wildman–Crippen LogP) is 4.12. The summed E-state index contributed by atoms with van der Waals surface area (Å²) in [5.41, 5.74) is -2.68. The van der Waals surface area contributed by atoms with E-state index < -0.39 is 47.8 Å². The number of aliphatic hydroxyl groups is 2. The summed E-state index contributed by atoms with van der Waals surface area (Å²) < 4.78 is 52.8. The average molecular weight is 593 g/mol. The van der Waals surface area contributed by atoms with Crippen LogP contribution >= 0.6 is 15.9 Å². The van der Waals surface area contributed by atoms with Crippen molar-refractivity contribution in [1.82, 2.24) is 9.88 Å². The molecule has 1 aromatic heterocycles. The summed E-state index contributed by atoms with van der Waals surface area (Å²) in [4.78, 5) is 16.8. The van der Waals surface area contributed by atoms with Crippen molar-refractivity contribution in [3.63, 3.8) is 0 Å². The summed E-state index contributed by atoms with van der Waals surface area (Å²) >= 11 is 3.41. The van der Waals surface area contributed by atoms with E-state index in [1.54, 1.807) is 54.6 Å². The number of aliphatic hydroxyl groups excluding tert-OH is 1. The normalized spacial score (nSPS) is 27.8. The van der Waals surface area contributed by atoms with Gasteiger partial charge in [0.1, 0.15) is 11.5 Å². The highest BCUT2D eigenvalue weighted by Crippen LogP contribution is 2.69. The molecule has 0 unspecified atom stereocenters. The minimum absolute atomic E-state index is 0.138. The second kappa shape index (κ2) is 9.25. The fourth-order valence-electron chi connectivity index (χ4n) is 6.05. The first-order valence-corrected chi connectivity index (χ1v) is 12.5. The van der Waals surface area contributed by atoms with Crippen LogP contribution in [0, 0.1) is 5.92 Å². The van der Waals surface area contributed by atoms with Gasteiger partial charge in [-0.1, -0.05) is 58.4 Å². The van der Waals surface area contributed by atoms with Gasteiger partial charge in [0.15, 0.2) is 11.2 Å². The van der Waals surface area contributed by atoms with Gasteiger partial charge in [-0.2, -0.15) is 13.2 Å². The maximum atomic E-state index is 13.3. The molecule has 2 heterocycles. The van der Waals surface area contributed by atoms with Crippen molar-refractivity contribution in [1.29, 1.82) is 0 Å². The number of carbonyl (C=O) groups excluding carboxylic acids is 1. The van der Waals surface area contributed by atoms with Gasteiger partial charge in [-0.15, -0.1) is 0 Å². The van der Waals surface area contributed by atoms with Crippen molar-refractivity contribution in [3.05, 3.63) is 88.2 Å². The molecule has 11 heteroatoms. The van der Waals surface area contributed by atoms with Gasteiger partial charge in [0, 0.05) is 29.9 Å². The van der Waals surface area contributed by atoms with Crippen LogP contribution in [-0.2, 0) is 16.0 Å². The third kappa shape index (κ3) is 3.70. The van der Waals surface area contributed by atoms with Gasteiger partial charge in [-0.3, -0.25) is 9.78 Å². The third-order valence-electron chi connectivity index (χ3n) is 7.52. The molecule has 5 atom stereocenters. The van der Waals surface area contributed by atoms with E-state index in [9.17, 15) is 28.2 Å². The van der Waals surface area contributed by atoms with Crippen molar-refractivity contribution in [2.24, 2.45) is 5.92 Å². The van der Waals surface area contributed by atoms with Gasteiger partial charge in [0.2, 0.25) is 0 Å². The smallest absolute Gasteiger partial charge is 0.471 e. The third-order valence-corrected chi connectivity index (χ3v) is 8.05. The lowest BCUT2D eigenvalue weighted by Gasteiger charge is -2.41. The fourth-order valence-corrected chi connectivity index (χ4v) is 6.31. The number of pyridine rings is 1. The molecule has 0 saturated heterocycles. The Kier molecular flexibility index (Phi) is 6.44. The van der Waals surface area contributed by atoms with Gasteiger partial charge in [-0.25, -0.2) is 0 Å². The molecule has 38 heavy (non-hydrogen) atoms. The van der Waals surface area contributed by atoms with Crippen molar-refractivity contribution in [2.45, 2.75) is 29.4 Å². The number of rotatable bonds is 5. The zero-order valence-electron chi connectivity index (χ0n) is 20.3. The Hall–Kier alpha value is -3.15. The van der Waals surface area contributed by atoms with Crippen LogP contribution in [0.1, 0.15) is 22.6 Å². The van der Waals surface area contributed by atoms with E-state index in [1.165, 1.54) is 19.5 Å². The first-order chi connectivity index (χ1) is 18.0. The van der Waals surface area contributed by atoms with E-state index in [4.69, 9.17) is 9.47 Å². The van der Waals surface area contributed by atoms with Crippen molar-refractivity contribution >= 4 is 21.8 Å². The van der Waals surface area contributed by atoms with Gasteiger partial charge in [-0.05, 0) is 23.3 Å². The predicted molar refractivity (Wildman–Crippen MR) is 134 cm³/mol. The SMILES string of the molecule is COc1cncc2c1[C@]1(O)[C@H](O)[C@H](CN(C)C(=O)C(F)(F)F)[C@@H](c3ccccc3)[C@]1(c1ccc(Br)cc1)O2. The molecule has 2 N–H and O–H groups in total. The quantitative estimate of drug-likeness (QED) is 0.463. The van der Waals surface area contributed by atoms with Gasteiger partial charge in [0.05, 0.1) is 31.2 Å². The highest BCUT2D eigenvalue weighted by Gasteiger charge is 2.77. The number of fused-ring (bicyclic) bond motifs is 3. The zero-order chi connectivity index (χ0) is 27.5. The molecular formula is C27H24BrF3N2O5. The number of benzene rings is 2. The standard InChI is InChI=1S/C27H24BrF3N2O5/c1-33(24(35)27(29,30)31)14-18-21(15-6-4-3-5-7-15)26(16-8-10-17(28)11-9-16)25(36,23(18)34)22-19(37-2)12-32-13-20(22)38-26/h3-13,18,21,23,34,36H,14H2,1-2H3/t18-,21-,23-,25+,26+/m1/s1. The molecule has 5 rings (SSSR count). The fraction of sp³-hybridized carbons (Fsp3) is 0.333. The van der Waals surface area contributed by atoms with Crippen LogP contribution in [0.5, 0.6) is 11.5 Å². The van der Waals surface area contributed by atoms with Gasteiger partial charge in [0.25, 0.3) is 0 Å². The second-order valence-electron chi connectivity index (χ2n) is 9.51. The minimum Gasteiger partial charge on any atom is -0.495 e. The second-order valence-corrected chi connectivity index (χ2v) is 10.4. The van der Waals surface area contributed by atoms with Gasteiger partial charge >= 0.3 is 12.1 Å². The topological polar surface area (TPSA) is 92.1 Å². The molecule has 1 saturated carbocycles. The van der Waals surface area contributed by atoms with Gasteiger partial charge < -0.3 is 24.6 Å². The molecule has 0 bridgehead atoms. The van der Waals surface area contributed by atoms with E-state index in [0.29, 0.717) is 16.0 Å². The van der Waals surface area contributed by atoms with Crippen LogP contribution < -0.4 is 9.47 Å². The van der Waals surface area contributed by atoms with Crippen LogP contribution in [0.4, 0.5) is 13.2 Å². The Labute approximate surface area is 225 Å². The number of hydrogen-bond donors (Lipinski definition) is 2. The first kappa shape index (κ1) is 26.5. The maximum Gasteiger partial charge on any atom is 0.471 e. The number of halogens is 4. The molecule has 0 spiro atoms. The van der Waals surface area contributed by atoms with E-state index in [0.717, 1.165) is 11.5 Å². The summed E-state index contributed by atoms with van der Waals surface area (Å²) in [7, 11) is 2.40. The zero-order valence-corrected chi connectivity index (χ0v) is 21.9.